The van der Waals surface area contributed by atoms with Gasteiger partial charge in [-0.3, -0.25) is 4.90 Å². The van der Waals surface area contributed by atoms with E-state index in [9.17, 15) is 5.11 Å². The van der Waals surface area contributed by atoms with Gasteiger partial charge in [0.05, 0.1) is 20.1 Å². The third-order valence-electron chi connectivity index (χ3n) is 7.43. The number of hydrogen-bond acceptors (Lipinski definition) is 7. The summed E-state index contributed by atoms with van der Waals surface area (Å²) < 4.78 is 17.0. The summed E-state index contributed by atoms with van der Waals surface area (Å²) in [6.45, 7) is 3.37. The van der Waals surface area contributed by atoms with Gasteiger partial charge >= 0.3 is 0 Å². The lowest BCUT2D eigenvalue weighted by Crippen LogP contribution is -2.43. The van der Waals surface area contributed by atoms with E-state index in [1.165, 1.54) is 5.56 Å². The van der Waals surface area contributed by atoms with E-state index in [1.807, 2.05) is 24.3 Å². The fourth-order valence-corrected chi connectivity index (χ4v) is 5.55. The van der Waals surface area contributed by atoms with Gasteiger partial charge < -0.3 is 29.1 Å². The number of oxime groups is 1. The van der Waals surface area contributed by atoms with E-state index in [2.05, 4.69) is 21.2 Å². The first kappa shape index (κ1) is 21.2. The van der Waals surface area contributed by atoms with Gasteiger partial charge in [-0.05, 0) is 61.7 Å². The molecule has 3 aromatic rings. The van der Waals surface area contributed by atoms with Gasteiger partial charge in [-0.15, -0.1) is 0 Å². The van der Waals surface area contributed by atoms with Crippen molar-refractivity contribution >= 4 is 16.6 Å². The molecule has 8 nitrogen and oxygen atoms in total. The number of H-pyrrole nitrogens is 1. The van der Waals surface area contributed by atoms with Gasteiger partial charge in [0.2, 0.25) is 0 Å². The molecule has 0 radical (unpaired) electrons. The number of aromatic nitrogens is 1. The molecule has 2 N–H and O–H groups in total. The zero-order valence-corrected chi connectivity index (χ0v) is 19.4. The quantitative estimate of drug-likeness (QED) is 0.597. The van der Waals surface area contributed by atoms with Gasteiger partial charge in [-0.1, -0.05) is 5.16 Å². The van der Waals surface area contributed by atoms with E-state index in [-0.39, 0.29) is 12.0 Å². The third-order valence-corrected chi connectivity index (χ3v) is 7.43. The monoisotopic (exact) mass is 463 g/mol. The van der Waals surface area contributed by atoms with E-state index in [0.717, 1.165) is 60.4 Å². The molecule has 3 aliphatic rings. The summed E-state index contributed by atoms with van der Waals surface area (Å²) in [5, 5.41) is 15.5. The van der Waals surface area contributed by atoms with Crippen molar-refractivity contribution in [2.75, 3.05) is 40.5 Å². The van der Waals surface area contributed by atoms with Crippen molar-refractivity contribution < 1.29 is 24.2 Å². The lowest BCUT2D eigenvalue weighted by atomic mass is 9.87. The first-order valence-electron chi connectivity index (χ1n) is 11.8. The van der Waals surface area contributed by atoms with Gasteiger partial charge in [-0.25, -0.2) is 0 Å². The number of likely N-dealkylation sites (tertiary alicyclic amines) is 1. The van der Waals surface area contributed by atoms with Gasteiger partial charge in [0.1, 0.15) is 23.8 Å². The highest BCUT2D eigenvalue weighted by Gasteiger charge is 2.41. The molecular formula is C26H29N3O5. The molecule has 0 amide bonds. The largest absolute Gasteiger partial charge is 0.508 e. The molecule has 2 aromatic carbocycles. The van der Waals surface area contributed by atoms with Crippen molar-refractivity contribution in [3.8, 4) is 23.0 Å². The standard InChI is InChI=1S/C26H29N3O5/c1-31-23-10-18-22(11-24(23)32-2)33-14-20-25(34-28-26(18)20)13-29-7-5-15(6-8-29)19-12-27-21-4-3-16(30)9-17(19)21/h3-4,9-12,15,20,25,27,30H,5-8,13-14H2,1-2H3. The van der Waals surface area contributed by atoms with Crippen LogP contribution in [0.1, 0.15) is 29.9 Å². The van der Waals surface area contributed by atoms with E-state index >= 15 is 0 Å². The normalized spacial score (nSPS) is 22.5. The predicted molar refractivity (Wildman–Crippen MR) is 128 cm³/mol. The molecule has 0 aliphatic carbocycles. The second-order valence-corrected chi connectivity index (χ2v) is 9.29. The average Bonchev–Trinajstić information content (AvgIpc) is 3.47. The predicted octanol–water partition coefficient (Wildman–Crippen LogP) is 3.88. The summed E-state index contributed by atoms with van der Waals surface area (Å²) in [7, 11) is 3.25. The maximum Gasteiger partial charge on any atom is 0.164 e. The van der Waals surface area contributed by atoms with Crippen molar-refractivity contribution in [2.24, 2.45) is 11.1 Å². The molecule has 0 spiro atoms. The Morgan fingerprint density at radius 1 is 1.12 bits per heavy atom. The Bertz CT molecular complexity index is 1240. The maximum atomic E-state index is 9.91. The molecule has 8 heteroatoms. The number of aromatic hydroxyl groups is 1. The Morgan fingerprint density at radius 2 is 1.91 bits per heavy atom. The highest BCUT2D eigenvalue weighted by molar-refractivity contribution is 6.06. The minimum atomic E-state index is -0.0298. The summed E-state index contributed by atoms with van der Waals surface area (Å²) >= 11 is 0. The van der Waals surface area contributed by atoms with E-state index in [4.69, 9.17) is 19.0 Å². The number of phenolic OH excluding ortho intramolecular Hbond substituents is 1. The Balaban J connectivity index is 1.11. The third kappa shape index (κ3) is 3.53. The molecule has 1 saturated heterocycles. The Morgan fingerprint density at radius 3 is 2.71 bits per heavy atom. The number of benzene rings is 2. The van der Waals surface area contributed by atoms with Gasteiger partial charge in [-0.2, -0.15) is 0 Å². The van der Waals surface area contributed by atoms with Crippen molar-refractivity contribution in [1.29, 1.82) is 0 Å². The van der Waals surface area contributed by atoms with Crippen LogP contribution in [0.2, 0.25) is 0 Å². The van der Waals surface area contributed by atoms with Crippen LogP contribution in [-0.4, -0.2) is 67.3 Å². The molecule has 34 heavy (non-hydrogen) atoms. The van der Waals surface area contributed by atoms with Crippen LogP contribution < -0.4 is 14.2 Å². The smallest absolute Gasteiger partial charge is 0.164 e. The first-order chi connectivity index (χ1) is 16.6. The number of rotatable bonds is 5. The number of methoxy groups -OCH3 is 2. The number of nitrogens with zero attached hydrogens (tertiary/aromatic N) is 2. The molecule has 1 aromatic heterocycles. The van der Waals surface area contributed by atoms with Crippen LogP contribution in [0.25, 0.3) is 10.9 Å². The molecule has 6 rings (SSSR count). The number of piperidine rings is 1. The number of aromatic amines is 1. The summed E-state index contributed by atoms with van der Waals surface area (Å²) in [5.41, 5.74) is 4.22. The minimum absolute atomic E-state index is 0.0298. The van der Waals surface area contributed by atoms with Gasteiger partial charge in [0.25, 0.3) is 0 Å². The highest BCUT2D eigenvalue weighted by Crippen LogP contribution is 2.41. The lowest BCUT2D eigenvalue weighted by molar-refractivity contribution is 0.0161. The van der Waals surface area contributed by atoms with E-state index in [0.29, 0.717) is 29.8 Å². The molecule has 2 atom stereocenters. The Hall–Kier alpha value is -3.39. The van der Waals surface area contributed by atoms with Gasteiger partial charge in [0, 0.05) is 35.3 Å². The van der Waals surface area contributed by atoms with Gasteiger partial charge in [0.15, 0.2) is 17.6 Å². The Labute approximate surface area is 198 Å². The van der Waals surface area contributed by atoms with Crippen LogP contribution >= 0.6 is 0 Å². The summed E-state index contributed by atoms with van der Waals surface area (Å²) in [5.74, 6) is 2.94. The highest BCUT2D eigenvalue weighted by atomic mass is 16.6. The number of phenols is 1. The molecule has 0 saturated carbocycles. The molecule has 178 valence electrons. The zero-order valence-electron chi connectivity index (χ0n) is 19.4. The molecule has 1 fully saturated rings. The number of fused-ring (bicyclic) bond motifs is 4. The summed E-state index contributed by atoms with van der Waals surface area (Å²) in [6, 6.07) is 9.31. The van der Waals surface area contributed by atoms with Crippen LogP contribution in [0, 0.1) is 5.92 Å². The van der Waals surface area contributed by atoms with Crippen molar-refractivity contribution in [3.63, 3.8) is 0 Å². The van der Waals surface area contributed by atoms with Crippen LogP contribution in [0.4, 0.5) is 0 Å². The van der Waals surface area contributed by atoms with E-state index in [1.54, 1.807) is 20.3 Å². The second kappa shape index (κ2) is 8.43. The molecular weight excluding hydrogens is 434 g/mol. The topological polar surface area (TPSA) is 88.5 Å². The zero-order chi connectivity index (χ0) is 23.2. The molecule has 0 bridgehead atoms. The number of nitrogens with one attached hydrogen (secondary N) is 1. The second-order valence-electron chi connectivity index (χ2n) is 9.29. The van der Waals surface area contributed by atoms with Crippen molar-refractivity contribution in [2.45, 2.75) is 24.9 Å². The molecule has 3 aliphatic heterocycles. The lowest BCUT2D eigenvalue weighted by Gasteiger charge is -2.34. The molecule has 2 unspecified atom stereocenters. The minimum Gasteiger partial charge on any atom is -0.508 e. The van der Waals surface area contributed by atoms with Crippen LogP contribution in [0.3, 0.4) is 0 Å². The molecule has 4 heterocycles. The summed E-state index contributed by atoms with van der Waals surface area (Å²) in [4.78, 5) is 11.7. The SMILES string of the molecule is COc1cc2c(cc1OC)C1=NOC(CN3CCC(c4c[nH]c5ccc(O)cc45)CC3)C1CO2. The fraction of sp³-hybridized carbons (Fsp3) is 0.423. The average molecular weight is 464 g/mol. The van der Waals surface area contributed by atoms with Crippen molar-refractivity contribution in [1.82, 2.24) is 9.88 Å². The van der Waals surface area contributed by atoms with E-state index < -0.39 is 0 Å². The Kier molecular flexibility index (Phi) is 5.25. The summed E-state index contributed by atoms with van der Waals surface area (Å²) in [6.07, 6.45) is 4.22. The fourth-order valence-electron chi connectivity index (χ4n) is 5.55. The van der Waals surface area contributed by atoms with Crippen LogP contribution in [0.15, 0.2) is 41.7 Å². The van der Waals surface area contributed by atoms with Crippen LogP contribution in [0.5, 0.6) is 23.0 Å². The van der Waals surface area contributed by atoms with Crippen molar-refractivity contribution in [3.05, 3.63) is 47.7 Å². The first-order valence-corrected chi connectivity index (χ1v) is 11.8. The maximum absolute atomic E-state index is 9.91. The number of hydrogen-bond donors (Lipinski definition) is 2. The number of ether oxygens (including phenoxy) is 3. The van der Waals surface area contributed by atoms with Crippen LogP contribution in [-0.2, 0) is 4.84 Å².